The summed E-state index contributed by atoms with van der Waals surface area (Å²) in [4.78, 5) is 2.22. The van der Waals surface area contributed by atoms with Crippen molar-refractivity contribution in [3.05, 3.63) is 46.2 Å². The van der Waals surface area contributed by atoms with Crippen molar-refractivity contribution >= 4 is 23.2 Å². The second kappa shape index (κ2) is 6.71. The van der Waals surface area contributed by atoms with Crippen molar-refractivity contribution in [1.82, 2.24) is 10.2 Å². The standard InChI is InChI=1S/C14H17Cl2FN2/c1-2-3-12(19-8-6-18-7-9-19)13-10(15)4-5-11(16)14(13)17/h2,4-5,12,18H,1,3,6-9H2/t12-/m1/s1. The summed E-state index contributed by atoms with van der Waals surface area (Å²) in [5.74, 6) is -0.417. The maximum atomic E-state index is 14.3. The third kappa shape index (κ3) is 3.29. The van der Waals surface area contributed by atoms with E-state index in [1.54, 1.807) is 12.1 Å². The first-order chi connectivity index (χ1) is 9.15. The van der Waals surface area contributed by atoms with Crippen LogP contribution in [0.2, 0.25) is 10.0 Å². The molecule has 2 rings (SSSR count). The van der Waals surface area contributed by atoms with Crippen molar-refractivity contribution in [2.75, 3.05) is 26.2 Å². The summed E-state index contributed by atoms with van der Waals surface area (Å²) in [6.45, 7) is 7.28. The molecule has 1 saturated heterocycles. The first-order valence-electron chi connectivity index (χ1n) is 6.34. The minimum Gasteiger partial charge on any atom is -0.314 e. The van der Waals surface area contributed by atoms with Crippen LogP contribution in [-0.2, 0) is 0 Å². The molecule has 0 saturated carbocycles. The molecular formula is C14H17Cl2FN2. The lowest BCUT2D eigenvalue weighted by atomic mass is 10.0. The number of halogens is 3. The summed E-state index contributed by atoms with van der Waals surface area (Å²) in [6, 6.07) is 3.04. The van der Waals surface area contributed by atoms with Crippen LogP contribution in [0.25, 0.3) is 0 Å². The molecule has 1 fully saturated rings. The van der Waals surface area contributed by atoms with E-state index in [0.29, 0.717) is 17.0 Å². The van der Waals surface area contributed by atoms with E-state index in [4.69, 9.17) is 23.2 Å². The fourth-order valence-corrected chi connectivity index (χ4v) is 2.89. The monoisotopic (exact) mass is 302 g/mol. The molecule has 0 spiro atoms. The van der Waals surface area contributed by atoms with Gasteiger partial charge in [-0.3, -0.25) is 4.90 Å². The second-order valence-corrected chi connectivity index (χ2v) is 5.40. The van der Waals surface area contributed by atoms with Crippen LogP contribution in [0.5, 0.6) is 0 Å². The van der Waals surface area contributed by atoms with E-state index in [9.17, 15) is 4.39 Å². The van der Waals surface area contributed by atoms with Gasteiger partial charge in [0.15, 0.2) is 0 Å². The molecule has 0 bridgehead atoms. The smallest absolute Gasteiger partial charge is 0.148 e. The number of rotatable bonds is 4. The topological polar surface area (TPSA) is 15.3 Å². The van der Waals surface area contributed by atoms with Crippen molar-refractivity contribution in [3.8, 4) is 0 Å². The van der Waals surface area contributed by atoms with E-state index in [-0.39, 0.29) is 11.1 Å². The molecule has 19 heavy (non-hydrogen) atoms. The Kier molecular flexibility index (Phi) is 5.22. The largest absolute Gasteiger partial charge is 0.314 e. The number of nitrogens with zero attached hydrogens (tertiary/aromatic N) is 1. The van der Waals surface area contributed by atoms with Crippen LogP contribution in [0.4, 0.5) is 4.39 Å². The number of benzene rings is 1. The molecule has 104 valence electrons. The van der Waals surface area contributed by atoms with E-state index < -0.39 is 5.82 Å². The van der Waals surface area contributed by atoms with E-state index in [2.05, 4.69) is 16.8 Å². The molecule has 0 aromatic heterocycles. The van der Waals surface area contributed by atoms with Gasteiger partial charge in [-0.1, -0.05) is 29.3 Å². The Labute approximate surface area is 123 Å². The molecule has 5 heteroatoms. The summed E-state index contributed by atoms with van der Waals surface area (Å²) >= 11 is 12.1. The Bertz CT molecular complexity index is 459. The number of nitrogens with one attached hydrogen (secondary N) is 1. The first-order valence-corrected chi connectivity index (χ1v) is 7.09. The molecule has 1 aliphatic heterocycles. The van der Waals surface area contributed by atoms with Crippen LogP contribution < -0.4 is 5.32 Å². The molecule has 0 unspecified atom stereocenters. The average Bonchev–Trinajstić information content (AvgIpc) is 2.43. The van der Waals surface area contributed by atoms with Gasteiger partial charge in [-0.05, 0) is 18.6 Å². The van der Waals surface area contributed by atoms with Gasteiger partial charge in [0.1, 0.15) is 5.82 Å². The molecule has 0 radical (unpaired) electrons. The third-order valence-corrected chi connectivity index (χ3v) is 4.02. The normalized spacial score (nSPS) is 18.3. The Balaban J connectivity index is 2.37. The first kappa shape index (κ1) is 14.8. The molecule has 0 aliphatic carbocycles. The lowest BCUT2D eigenvalue weighted by Gasteiger charge is -2.35. The van der Waals surface area contributed by atoms with Gasteiger partial charge in [-0.2, -0.15) is 0 Å². The van der Waals surface area contributed by atoms with Gasteiger partial charge in [-0.15, -0.1) is 6.58 Å². The quantitative estimate of drug-likeness (QED) is 0.674. The molecule has 1 aromatic carbocycles. The Morgan fingerprint density at radius 3 is 2.58 bits per heavy atom. The zero-order chi connectivity index (χ0) is 13.8. The molecule has 0 amide bonds. The highest BCUT2D eigenvalue weighted by Crippen LogP contribution is 2.35. The average molecular weight is 303 g/mol. The van der Waals surface area contributed by atoms with Gasteiger partial charge in [0.25, 0.3) is 0 Å². The van der Waals surface area contributed by atoms with Crippen LogP contribution >= 0.6 is 23.2 Å². The Morgan fingerprint density at radius 2 is 1.95 bits per heavy atom. The van der Waals surface area contributed by atoms with E-state index in [1.807, 2.05) is 0 Å². The van der Waals surface area contributed by atoms with Crippen molar-refractivity contribution in [2.45, 2.75) is 12.5 Å². The Hall–Kier alpha value is -0.610. The van der Waals surface area contributed by atoms with Crippen molar-refractivity contribution in [1.29, 1.82) is 0 Å². The number of hydrogen-bond donors (Lipinski definition) is 1. The second-order valence-electron chi connectivity index (χ2n) is 4.58. The van der Waals surface area contributed by atoms with Crippen molar-refractivity contribution in [2.24, 2.45) is 0 Å². The van der Waals surface area contributed by atoms with E-state index >= 15 is 0 Å². The van der Waals surface area contributed by atoms with Gasteiger partial charge in [0.2, 0.25) is 0 Å². The molecule has 1 aliphatic rings. The minimum atomic E-state index is -0.417. The lowest BCUT2D eigenvalue weighted by Crippen LogP contribution is -2.45. The van der Waals surface area contributed by atoms with Crippen LogP contribution in [0, 0.1) is 5.82 Å². The fraction of sp³-hybridized carbons (Fsp3) is 0.429. The maximum absolute atomic E-state index is 14.3. The summed E-state index contributed by atoms with van der Waals surface area (Å²) < 4.78 is 14.3. The summed E-state index contributed by atoms with van der Waals surface area (Å²) in [5.41, 5.74) is 0.482. The van der Waals surface area contributed by atoms with Gasteiger partial charge < -0.3 is 5.32 Å². The van der Waals surface area contributed by atoms with Crippen LogP contribution in [0.15, 0.2) is 24.8 Å². The Morgan fingerprint density at radius 1 is 1.32 bits per heavy atom. The molecule has 1 N–H and O–H groups in total. The number of piperazine rings is 1. The van der Waals surface area contributed by atoms with Crippen LogP contribution in [-0.4, -0.2) is 31.1 Å². The van der Waals surface area contributed by atoms with Crippen LogP contribution in [0.3, 0.4) is 0 Å². The van der Waals surface area contributed by atoms with Gasteiger partial charge >= 0.3 is 0 Å². The zero-order valence-corrected chi connectivity index (χ0v) is 12.1. The number of hydrogen-bond acceptors (Lipinski definition) is 2. The predicted octanol–water partition coefficient (Wildman–Crippen LogP) is 3.65. The van der Waals surface area contributed by atoms with E-state index in [1.165, 1.54) is 6.07 Å². The molecule has 1 aromatic rings. The highest BCUT2D eigenvalue weighted by Gasteiger charge is 2.26. The lowest BCUT2D eigenvalue weighted by molar-refractivity contribution is 0.171. The zero-order valence-electron chi connectivity index (χ0n) is 10.6. The van der Waals surface area contributed by atoms with Gasteiger partial charge in [0.05, 0.1) is 5.02 Å². The van der Waals surface area contributed by atoms with E-state index in [0.717, 1.165) is 26.2 Å². The molecule has 1 atom stereocenters. The minimum absolute atomic E-state index is 0.106. The molecular weight excluding hydrogens is 286 g/mol. The predicted molar refractivity (Wildman–Crippen MR) is 78.4 cm³/mol. The van der Waals surface area contributed by atoms with Crippen LogP contribution in [0.1, 0.15) is 18.0 Å². The summed E-state index contributed by atoms with van der Waals surface area (Å²) in [7, 11) is 0. The highest BCUT2D eigenvalue weighted by molar-refractivity contribution is 6.33. The molecule has 2 nitrogen and oxygen atoms in total. The van der Waals surface area contributed by atoms with Gasteiger partial charge in [-0.25, -0.2) is 4.39 Å². The fourth-order valence-electron chi connectivity index (χ4n) is 2.45. The third-order valence-electron chi connectivity index (χ3n) is 3.39. The van der Waals surface area contributed by atoms with Crippen molar-refractivity contribution < 1.29 is 4.39 Å². The maximum Gasteiger partial charge on any atom is 0.148 e. The molecule has 1 heterocycles. The highest BCUT2D eigenvalue weighted by atomic mass is 35.5. The van der Waals surface area contributed by atoms with Gasteiger partial charge in [0, 0.05) is 42.8 Å². The SMILES string of the molecule is C=CC[C@H](c1c(Cl)ccc(Cl)c1F)N1CCNCC1. The van der Waals surface area contributed by atoms with Crippen molar-refractivity contribution in [3.63, 3.8) is 0 Å². The summed E-state index contributed by atoms with van der Waals surface area (Å²) in [5, 5.41) is 3.82. The summed E-state index contributed by atoms with van der Waals surface area (Å²) in [6.07, 6.45) is 2.44.